The van der Waals surface area contributed by atoms with Gasteiger partial charge in [-0.1, -0.05) is 30.3 Å². The van der Waals surface area contributed by atoms with Gasteiger partial charge in [-0.25, -0.2) is 9.18 Å². The number of H-pyrrole nitrogens is 1. The van der Waals surface area contributed by atoms with Crippen LogP contribution in [0.4, 0.5) is 21.6 Å². The maximum Gasteiger partial charge on any atom is 0.330 e. The van der Waals surface area contributed by atoms with Crippen molar-refractivity contribution in [2.24, 2.45) is 0 Å². The largest absolute Gasteiger partial charge is 0.383 e. The van der Waals surface area contributed by atoms with Crippen molar-refractivity contribution in [1.29, 1.82) is 0 Å². The van der Waals surface area contributed by atoms with Gasteiger partial charge in [-0.2, -0.15) is 0 Å². The summed E-state index contributed by atoms with van der Waals surface area (Å²) < 4.78 is 14.5. The first-order valence-electron chi connectivity index (χ1n) is 12.1. The van der Waals surface area contributed by atoms with Crippen LogP contribution in [-0.4, -0.2) is 59.6 Å². The van der Waals surface area contributed by atoms with Crippen molar-refractivity contribution in [3.05, 3.63) is 86.8 Å². The molecule has 2 heterocycles. The average Bonchev–Trinajstić information content (AvgIpc) is 2.89. The first kappa shape index (κ1) is 25.0. The van der Waals surface area contributed by atoms with Crippen molar-refractivity contribution in [3.63, 3.8) is 0 Å². The van der Waals surface area contributed by atoms with Gasteiger partial charge in [0.15, 0.2) is 0 Å². The van der Waals surface area contributed by atoms with Crippen molar-refractivity contribution in [2.75, 3.05) is 54.8 Å². The van der Waals surface area contributed by atoms with Crippen molar-refractivity contribution >= 4 is 23.1 Å². The number of aromatic amines is 1. The molecule has 0 spiro atoms. The van der Waals surface area contributed by atoms with E-state index in [0.717, 1.165) is 11.3 Å². The minimum atomic E-state index is -0.573. The number of hydrogen-bond acceptors (Lipinski definition) is 6. The van der Waals surface area contributed by atoms with E-state index in [4.69, 9.17) is 5.73 Å². The Kier molecular flexibility index (Phi) is 7.72. The summed E-state index contributed by atoms with van der Waals surface area (Å²) in [5, 5.41) is 0. The van der Waals surface area contributed by atoms with E-state index in [1.165, 1.54) is 16.7 Å². The Morgan fingerprint density at radius 3 is 2.33 bits per heavy atom. The Balaban J connectivity index is 1.41. The van der Waals surface area contributed by atoms with Crippen LogP contribution in [0.25, 0.3) is 0 Å². The molecule has 1 fully saturated rings. The molecule has 4 rings (SSSR count). The zero-order chi connectivity index (χ0) is 25.7. The molecule has 1 amide bonds. The molecule has 10 heteroatoms. The first-order valence-corrected chi connectivity index (χ1v) is 12.1. The highest BCUT2D eigenvalue weighted by Crippen LogP contribution is 2.19. The van der Waals surface area contributed by atoms with Crippen LogP contribution in [0.3, 0.4) is 0 Å². The van der Waals surface area contributed by atoms with E-state index in [1.54, 1.807) is 21.9 Å². The molecule has 36 heavy (non-hydrogen) atoms. The maximum atomic E-state index is 13.2. The van der Waals surface area contributed by atoms with Gasteiger partial charge in [-0.05, 0) is 36.8 Å². The van der Waals surface area contributed by atoms with Crippen molar-refractivity contribution in [2.45, 2.75) is 19.9 Å². The van der Waals surface area contributed by atoms with E-state index >= 15 is 0 Å². The number of nitrogens with one attached hydrogen (secondary N) is 1. The monoisotopic (exact) mass is 494 g/mol. The van der Waals surface area contributed by atoms with Gasteiger partial charge in [0.25, 0.3) is 5.56 Å². The molecule has 1 aromatic heterocycles. The molecule has 0 atom stereocenters. The minimum Gasteiger partial charge on any atom is -0.383 e. The van der Waals surface area contributed by atoms with Crippen molar-refractivity contribution in [1.82, 2.24) is 14.5 Å². The predicted molar refractivity (Wildman–Crippen MR) is 139 cm³/mol. The number of piperazine rings is 1. The van der Waals surface area contributed by atoms with Gasteiger partial charge in [0, 0.05) is 51.4 Å². The predicted octanol–water partition coefficient (Wildman–Crippen LogP) is 1.87. The molecule has 0 bridgehead atoms. The fraction of sp³-hybridized carbons (Fsp3) is 0.346. The molecular weight excluding hydrogens is 463 g/mol. The summed E-state index contributed by atoms with van der Waals surface area (Å²) in [4.78, 5) is 46.1. The molecule has 3 N–H and O–H groups in total. The summed E-state index contributed by atoms with van der Waals surface area (Å²) in [5.74, 6) is -0.211. The standard InChI is InChI=1S/C26H31FN6O3/c1-2-30(23-24(28)33(26(36)29-25(23)35)18-19-6-4-3-5-7-19)13-12-22(34)32-16-14-31(15-17-32)21-10-8-20(27)9-11-21/h3-11H,2,12-18,28H2,1H3,(H,29,35,36). The Morgan fingerprint density at radius 2 is 1.69 bits per heavy atom. The molecule has 1 aliphatic heterocycles. The van der Waals surface area contributed by atoms with Gasteiger partial charge in [0.2, 0.25) is 5.91 Å². The number of benzene rings is 2. The summed E-state index contributed by atoms with van der Waals surface area (Å²) in [6, 6.07) is 15.7. The average molecular weight is 495 g/mol. The summed E-state index contributed by atoms with van der Waals surface area (Å²) in [6.07, 6.45) is 0.209. The molecule has 3 aromatic rings. The summed E-state index contributed by atoms with van der Waals surface area (Å²) in [7, 11) is 0. The van der Waals surface area contributed by atoms with Gasteiger partial charge < -0.3 is 20.4 Å². The molecule has 0 saturated carbocycles. The number of nitrogen functional groups attached to an aromatic ring is 1. The van der Waals surface area contributed by atoms with E-state index in [0.29, 0.717) is 39.3 Å². The van der Waals surface area contributed by atoms with Gasteiger partial charge in [0.05, 0.1) is 6.54 Å². The number of anilines is 3. The summed E-state index contributed by atoms with van der Waals surface area (Å²) >= 11 is 0. The third kappa shape index (κ3) is 5.59. The van der Waals surface area contributed by atoms with Crippen LogP contribution in [0.5, 0.6) is 0 Å². The third-order valence-electron chi connectivity index (χ3n) is 6.52. The highest BCUT2D eigenvalue weighted by Gasteiger charge is 2.23. The number of halogens is 1. The lowest BCUT2D eigenvalue weighted by molar-refractivity contribution is -0.131. The van der Waals surface area contributed by atoms with E-state index in [-0.39, 0.29) is 36.2 Å². The zero-order valence-corrected chi connectivity index (χ0v) is 20.3. The molecule has 9 nitrogen and oxygen atoms in total. The molecule has 2 aromatic carbocycles. The fourth-order valence-electron chi connectivity index (χ4n) is 4.49. The lowest BCUT2D eigenvalue weighted by Crippen LogP contribution is -2.49. The molecule has 0 unspecified atom stereocenters. The SMILES string of the molecule is CCN(CCC(=O)N1CCN(c2ccc(F)cc2)CC1)c1c(N)n(Cc2ccccc2)c(=O)[nH]c1=O. The van der Waals surface area contributed by atoms with Crippen LogP contribution < -0.4 is 26.8 Å². The number of nitrogens with zero attached hydrogens (tertiary/aromatic N) is 4. The number of nitrogens with two attached hydrogens (primary N) is 1. The third-order valence-corrected chi connectivity index (χ3v) is 6.52. The Hall–Kier alpha value is -4.08. The highest BCUT2D eigenvalue weighted by atomic mass is 19.1. The maximum absolute atomic E-state index is 13.2. The van der Waals surface area contributed by atoms with E-state index in [1.807, 2.05) is 37.3 Å². The van der Waals surface area contributed by atoms with E-state index in [2.05, 4.69) is 9.88 Å². The number of rotatable bonds is 8. The lowest BCUT2D eigenvalue weighted by Gasteiger charge is -2.36. The van der Waals surface area contributed by atoms with Crippen LogP contribution in [0, 0.1) is 5.82 Å². The molecule has 1 saturated heterocycles. The first-order chi connectivity index (χ1) is 17.4. The van der Waals surface area contributed by atoms with Crippen molar-refractivity contribution in [3.8, 4) is 0 Å². The van der Waals surface area contributed by atoms with Crippen LogP contribution in [0.1, 0.15) is 18.9 Å². The number of carbonyl (C=O) groups excluding carboxylic acids is 1. The second-order valence-electron chi connectivity index (χ2n) is 8.74. The number of amides is 1. The van der Waals surface area contributed by atoms with Gasteiger partial charge in [-0.3, -0.25) is 19.1 Å². The van der Waals surface area contributed by atoms with E-state index < -0.39 is 11.2 Å². The van der Waals surface area contributed by atoms with Gasteiger partial charge in [-0.15, -0.1) is 0 Å². The molecule has 0 radical (unpaired) electrons. The Morgan fingerprint density at radius 1 is 1.03 bits per heavy atom. The zero-order valence-electron chi connectivity index (χ0n) is 20.3. The fourth-order valence-corrected chi connectivity index (χ4v) is 4.49. The van der Waals surface area contributed by atoms with Gasteiger partial charge in [0.1, 0.15) is 17.3 Å². The Labute approximate surface area is 208 Å². The number of aromatic nitrogens is 2. The molecular formula is C26H31FN6O3. The van der Waals surface area contributed by atoms with Crippen LogP contribution >= 0.6 is 0 Å². The van der Waals surface area contributed by atoms with Crippen LogP contribution in [0.15, 0.2) is 64.2 Å². The van der Waals surface area contributed by atoms with Crippen LogP contribution in [-0.2, 0) is 11.3 Å². The molecule has 190 valence electrons. The normalized spacial score (nSPS) is 13.6. The number of carbonyl (C=O) groups is 1. The lowest BCUT2D eigenvalue weighted by atomic mass is 10.2. The smallest absolute Gasteiger partial charge is 0.330 e. The highest BCUT2D eigenvalue weighted by molar-refractivity contribution is 5.77. The van der Waals surface area contributed by atoms with E-state index in [9.17, 15) is 18.8 Å². The minimum absolute atomic E-state index is 0.0141. The topological polar surface area (TPSA) is 108 Å². The van der Waals surface area contributed by atoms with Crippen molar-refractivity contribution < 1.29 is 9.18 Å². The molecule has 1 aliphatic rings. The summed E-state index contributed by atoms with van der Waals surface area (Å²) in [6.45, 7) is 5.28. The van der Waals surface area contributed by atoms with Crippen LogP contribution in [0.2, 0.25) is 0 Å². The summed E-state index contributed by atoms with van der Waals surface area (Å²) in [5.41, 5.74) is 7.18. The second-order valence-corrected chi connectivity index (χ2v) is 8.74. The second kappa shape index (κ2) is 11.1. The van der Waals surface area contributed by atoms with Gasteiger partial charge >= 0.3 is 5.69 Å². The number of hydrogen-bond donors (Lipinski definition) is 2. The quantitative estimate of drug-likeness (QED) is 0.495. The molecule has 0 aliphatic carbocycles. The Bertz CT molecular complexity index is 1300.